The zero-order valence-corrected chi connectivity index (χ0v) is 13.0. The van der Waals surface area contributed by atoms with Crippen LogP contribution in [0.1, 0.15) is 96.3 Å². The van der Waals surface area contributed by atoms with Gasteiger partial charge in [-0.15, -0.1) is 0 Å². The van der Waals surface area contributed by atoms with Crippen molar-refractivity contribution in [3.8, 4) is 0 Å². The molecule has 0 aliphatic heterocycles. The topological polar surface area (TPSA) is 0 Å². The smallest absolute Gasteiger partial charge is 0.0386 e. The second-order valence-corrected chi connectivity index (χ2v) is 7.24. The standard InChI is InChI=1S/C19H35/c1-2-10-18(19-14-7-4-8-15-19)16-9-13-17-11-5-3-6-12-17/h17-19H,1-16H2. The Morgan fingerprint density at radius 1 is 0.789 bits per heavy atom. The third-order valence-corrected chi connectivity index (χ3v) is 5.80. The molecule has 0 nitrogen and oxygen atoms in total. The summed E-state index contributed by atoms with van der Waals surface area (Å²) in [5.74, 6) is 3.16. The molecular formula is C19H35. The Balaban J connectivity index is 1.66. The van der Waals surface area contributed by atoms with E-state index in [0.717, 1.165) is 24.2 Å². The number of hydrogen-bond donors (Lipinski definition) is 0. The van der Waals surface area contributed by atoms with Gasteiger partial charge in [-0.2, -0.15) is 0 Å². The summed E-state index contributed by atoms with van der Waals surface area (Å²) in [6, 6.07) is 0. The molecule has 2 rings (SSSR count). The van der Waals surface area contributed by atoms with Crippen LogP contribution < -0.4 is 0 Å². The SMILES string of the molecule is [CH2]CCC(CCCC1CCCCC1)C1CCCCC1. The van der Waals surface area contributed by atoms with Crippen LogP contribution in [0.5, 0.6) is 0 Å². The van der Waals surface area contributed by atoms with E-state index in [4.69, 9.17) is 0 Å². The summed E-state index contributed by atoms with van der Waals surface area (Å²) in [4.78, 5) is 0. The summed E-state index contributed by atoms with van der Waals surface area (Å²) < 4.78 is 0. The van der Waals surface area contributed by atoms with Crippen molar-refractivity contribution in [1.82, 2.24) is 0 Å². The highest BCUT2D eigenvalue weighted by Crippen LogP contribution is 2.36. The van der Waals surface area contributed by atoms with Gasteiger partial charge in [0.05, 0.1) is 0 Å². The summed E-state index contributed by atoms with van der Waals surface area (Å²) in [7, 11) is 0. The largest absolute Gasteiger partial charge is 0.0533 e. The lowest BCUT2D eigenvalue weighted by atomic mass is 9.75. The van der Waals surface area contributed by atoms with Crippen molar-refractivity contribution in [3.63, 3.8) is 0 Å². The van der Waals surface area contributed by atoms with E-state index in [1.165, 1.54) is 89.9 Å². The Morgan fingerprint density at radius 3 is 2.05 bits per heavy atom. The van der Waals surface area contributed by atoms with E-state index >= 15 is 0 Å². The number of rotatable bonds is 7. The fraction of sp³-hybridized carbons (Fsp3) is 0.947. The molecule has 19 heavy (non-hydrogen) atoms. The van der Waals surface area contributed by atoms with E-state index in [1.54, 1.807) is 0 Å². The van der Waals surface area contributed by atoms with Gasteiger partial charge in [0.15, 0.2) is 0 Å². The van der Waals surface area contributed by atoms with Crippen LogP contribution in [0.2, 0.25) is 0 Å². The van der Waals surface area contributed by atoms with Crippen LogP contribution in [-0.2, 0) is 0 Å². The molecule has 0 heterocycles. The zero-order chi connectivity index (χ0) is 13.3. The number of hydrogen-bond acceptors (Lipinski definition) is 0. The molecule has 2 fully saturated rings. The first-order valence-corrected chi connectivity index (χ1v) is 9.19. The minimum Gasteiger partial charge on any atom is -0.0533 e. The molecule has 2 aliphatic rings. The van der Waals surface area contributed by atoms with Gasteiger partial charge in [0, 0.05) is 0 Å². The van der Waals surface area contributed by atoms with E-state index in [2.05, 4.69) is 6.92 Å². The Bertz CT molecular complexity index is 208. The van der Waals surface area contributed by atoms with Crippen molar-refractivity contribution in [3.05, 3.63) is 6.92 Å². The molecule has 0 heteroatoms. The van der Waals surface area contributed by atoms with Gasteiger partial charge in [0.1, 0.15) is 0 Å². The lowest BCUT2D eigenvalue weighted by Crippen LogP contribution is -2.18. The van der Waals surface area contributed by atoms with Crippen molar-refractivity contribution in [1.29, 1.82) is 0 Å². The third kappa shape index (κ3) is 5.48. The van der Waals surface area contributed by atoms with Gasteiger partial charge in [-0.1, -0.05) is 103 Å². The van der Waals surface area contributed by atoms with Gasteiger partial charge < -0.3 is 0 Å². The molecule has 0 N–H and O–H groups in total. The normalized spacial score (nSPS) is 24.5. The minimum atomic E-state index is 1.02. The molecule has 1 unspecified atom stereocenters. The molecule has 0 aromatic heterocycles. The van der Waals surface area contributed by atoms with Crippen molar-refractivity contribution in [2.75, 3.05) is 0 Å². The van der Waals surface area contributed by atoms with Crippen LogP contribution in [0, 0.1) is 24.7 Å². The van der Waals surface area contributed by atoms with E-state index in [9.17, 15) is 0 Å². The monoisotopic (exact) mass is 263 g/mol. The summed E-state index contributed by atoms with van der Waals surface area (Å²) in [5, 5.41) is 0. The molecule has 1 radical (unpaired) electrons. The van der Waals surface area contributed by atoms with Crippen LogP contribution in [0.25, 0.3) is 0 Å². The second-order valence-electron chi connectivity index (χ2n) is 7.24. The van der Waals surface area contributed by atoms with E-state index in [0.29, 0.717) is 0 Å². The minimum absolute atomic E-state index is 1.02. The van der Waals surface area contributed by atoms with Crippen molar-refractivity contribution in [2.24, 2.45) is 17.8 Å². The molecular weight excluding hydrogens is 228 g/mol. The summed E-state index contributed by atoms with van der Waals surface area (Å²) in [5.41, 5.74) is 0. The first kappa shape index (κ1) is 15.4. The lowest BCUT2D eigenvalue weighted by molar-refractivity contribution is 0.213. The van der Waals surface area contributed by atoms with Crippen molar-refractivity contribution >= 4 is 0 Å². The molecule has 0 aromatic rings. The van der Waals surface area contributed by atoms with Crippen LogP contribution in [0.4, 0.5) is 0 Å². The Hall–Kier alpha value is 0. The molecule has 0 saturated heterocycles. The molecule has 0 amide bonds. The van der Waals surface area contributed by atoms with Crippen LogP contribution in [0.3, 0.4) is 0 Å². The van der Waals surface area contributed by atoms with E-state index in [-0.39, 0.29) is 0 Å². The summed E-state index contributed by atoms with van der Waals surface area (Å²) in [6.07, 6.45) is 22.2. The zero-order valence-electron chi connectivity index (χ0n) is 13.0. The lowest BCUT2D eigenvalue weighted by Gasteiger charge is -2.31. The summed E-state index contributed by atoms with van der Waals surface area (Å²) in [6.45, 7) is 4.12. The molecule has 2 aliphatic carbocycles. The van der Waals surface area contributed by atoms with Gasteiger partial charge in [-0.3, -0.25) is 0 Å². The fourth-order valence-electron chi connectivity index (χ4n) is 4.63. The highest BCUT2D eigenvalue weighted by molar-refractivity contribution is 4.75. The highest BCUT2D eigenvalue weighted by atomic mass is 14.3. The van der Waals surface area contributed by atoms with Gasteiger partial charge in [0.2, 0.25) is 0 Å². The Kier molecular flexibility index (Phi) is 7.32. The predicted molar refractivity (Wildman–Crippen MR) is 85.1 cm³/mol. The van der Waals surface area contributed by atoms with Gasteiger partial charge >= 0.3 is 0 Å². The predicted octanol–water partition coefficient (Wildman–Crippen LogP) is 6.55. The first-order chi connectivity index (χ1) is 9.40. The van der Waals surface area contributed by atoms with Crippen molar-refractivity contribution < 1.29 is 0 Å². The molecule has 0 aromatic carbocycles. The van der Waals surface area contributed by atoms with E-state index < -0.39 is 0 Å². The molecule has 2 saturated carbocycles. The van der Waals surface area contributed by atoms with Gasteiger partial charge in [-0.25, -0.2) is 0 Å². The average Bonchev–Trinajstić information content (AvgIpc) is 2.48. The average molecular weight is 263 g/mol. The molecule has 0 spiro atoms. The third-order valence-electron chi connectivity index (χ3n) is 5.80. The molecule has 1 atom stereocenters. The van der Waals surface area contributed by atoms with Crippen LogP contribution in [-0.4, -0.2) is 0 Å². The van der Waals surface area contributed by atoms with E-state index in [1.807, 2.05) is 0 Å². The van der Waals surface area contributed by atoms with Gasteiger partial charge in [-0.05, 0) is 17.8 Å². The quantitative estimate of drug-likeness (QED) is 0.488. The van der Waals surface area contributed by atoms with Crippen molar-refractivity contribution in [2.45, 2.75) is 96.3 Å². The first-order valence-electron chi connectivity index (χ1n) is 9.19. The maximum atomic E-state index is 4.12. The van der Waals surface area contributed by atoms with Gasteiger partial charge in [0.25, 0.3) is 0 Å². The Morgan fingerprint density at radius 2 is 1.42 bits per heavy atom. The van der Waals surface area contributed by atoms with Crippen LogP contribution in [0.15, 0.2) is 0 Å². The second kappa shape index (κ2) is 9.03. The Labute approximate surface area is 121 Å². The molecule has 0 bridgehead atoms. The maximum absolute atomic E-state index is 4.12. The summed E-state index contributed by atoms with van der Waals surface area (Å²) >= 11 is 0. The van der Waals surface area contributed by atoms with Crippen LogP contribution >= 0.6 is 0 Å². The maximum Gasteiger partial charge on any atom is -0.0386 e. The highest BCUT2D eigenvalue weighted by Gasteiger charge is 2.23. The fourth-order valence-corrected chi connectivity index (χ4v) is 4.63. The molecule has 111 valence electrons.